The number of hydrogen-bond donors (Lipinski definition) is 2. The maximum absolute atomic E-state index is 12.0. The number of ether oxygens (including phenoxy) is 2. The van der Waals surface area contributed by atoms with Crippen molar-refractivity contribution in [3.63, 3.8) is 0 Å². The molecule has 32 heavy (non-hydrogen) atoms. The Labute approximate surface area is 204 Å². The molecule has 2 N–H and O–H groups in total. The van der Waals surface area contributed by atoms with Crippen molar-refractivity contribution in [2.24, 2.45) is 5.10 Å². The van der Waals surface area contributed by atoms with Crippen LogP contribution in [0.25, 0.3) is 0 Å². The second-order valence-corrected chi connectivity index (χ2v) is 8.46. The van der Waals surface area contributed by atoms with E-state index >= 15 is 0 Å². The van der Waals surface area contributed by atoms with Gasteiger partial charge in [0.05, 0.1) is 23.8 Å². The Morgan fingerprint density at radius 2 is 1.78 bits per heavy atom. The number of nitrogens with one attached hydrogen (secondary N) is 2. The molecule has 0 aromatic heterocycles. The van der Waals surface area contributed by atoms with E-state index in [9.17, 15) is 4.79 Å². The van der Waals surface area contributed by atoms with Crippen molar-refractivity contribution in [3.05, 3.63) is 86.8 Å². The molecule has 0 heterocycles. The van der Waals surface area contributed by atoms with Crippen LogP contribution >= 0.6 is 31.9 Å². The molecule has 0 aliphatic heterocycles. The van der Waals surface area contributed by atoms with E-state index in [0.717, 1.165) is 25.8 Å². The SMILES string of the molecule is CCOc1cc(/C=N\NC(=O)CNc2ccccc2)cc(Br)c1OCc1ccc(Br)cc1. The van der Waals surface area contributed by atoms with E-state index in [-0.39, 0.29) is 12.5 Å². The standard InChI is InChI=1S/C24H23Br2N3O3/c1-2-31-22-13-18(14-28-29-23(30)15-27-20-6-4-3-5-7-20)12-21(26)24(22)32-16-17-8-10-19(25)11-9-17/h3-14,27H,2,15-16H2,1H3,(H,29,30)/b28-14-. The fraction of sp³-hybridized carbons (Fsp3) is 0.167. The zero-order valence-corrected chi connectivity index (χ0v) is 20.6. The van der Waals surface area contributed by atoms with Crippen molar-refractivity contribution in [2.75, 3.05) is 18.5 Å². The average Bonchev–Trinajstić information content (AvgIpc) is 2.79. The van der Waals surface area contributed by atoms with Crippen LogP contribution < -0.4 is 20.2 Å². The Morgan fingerprint density at radius 3 is 2.50 bits per heavy atom. The Balaban J connectivity index is 1.61. The maximum Gasteiger partial charge on any atom is 0.259 e. The number of nitrogens with zero attached hydrogens (tertiary/aromatic N) is 1. The van der Waals surface area contributed by atoms with E-state index in [1.54, 1.807) is 6.21 Å². The lowest BCUT2D eigenvalue weighted by molar-refractivity contribution is -0.119. The van der Waals surface area contributed by atoms with E-state index in [0.29, 0.717) is 24.7 Å². The normalized spacial score (nSPS) is 10.7. The number of para-hydroxylation sites is 1. The van der Waals surface area contributed by atoms with Crippen LogP contribution in [0.3, 0.4) is 0 Å². The molecule has 3 aromatic rings. The summed E-state index contributed by atoms with van der Waals surface area (Å²) in [5.74, 6) is 0.962. The number of hydrogen-bond acceptors (Lipinski definition) is 5. The first kappa shape index (κ1) is 23.8. The molecule has 6 nitrogen and oxygen atoms in total. The molecule has 166 valence electrons. The smallest absolute Gasteiger partial charge is 0.259 e. The highest BCUT2D eigenvalue weighted by atomic mass is 79.9. The summed E-state index contributed by atoms with van der Waals surface area (Å²) < 4.78 is 13.5. The molecule has 0 radical (unpaired) electrons. The topological polar surface area (TPSA) is 72.0 Å². The molecule has 0 saturated carbocycles. The number of rotatable bonds is 10. The Hall–Kier alpha value is -2.84. The molecular formula is C24H23Br2N3O3. The van der Waals surface area contributed by atoms with Crippen LogP contribution in [0.5, 0.6) is 11.5 Å². The highest BCUT2D eigenvalue weighted by Crippen LogP contribution is 2.37. The molecule has 3 rings (SSSR count). The number of amides is 1. The van der Waals surface area contributed by atoms with Gasteiger partial charge in [-0.15, -0.1) is 0 Å². The van der Waals surface area contributed by atoms with Crippen LogP contribution in [0, 0.1) is 0 Å². The first-order valence-electron chi connectivity index (χ1n) is 9.99. The van der Waals surface area contributed by atoms with Gasteiger partial charge in [-0.3, -0.25) is 4.79 Å². The van der Waals surface area contributed by atoms with Gasteiger partial charge >= 0.3 is 0 Å². The maximum atomic E-state index is 12.0. The summed E-state index contributed by atoms with van der Waals surface area (Å²) >= 11 is 6.98. The summed E-state index contributed by atoms with van der Waals surface area (Å²) in [6, 6.07) is 21.1. The minimum atomic E-state index is -0.247. The predicted octanol–water partition coefficient (Wildman–Crippen LogP) is 5.75. The van der Waals surface area contributed by atoms with Gasteiger partial charge in [-0.2, -0.15) is 5.10 Å². The molecule has 8 heteroatoms. The summed E-state index contributed by atoms with van der Waals surface area (Å²) in [5.41, 5.74) is 5.18. The molecule has 0 saturated heterocycles. The number of halogens is 2. The zero-order valence-electron chi connectivity index (χ0n) is 17.5. The molecule has 0 unspecified atom stereocenters. The number of anilines is 1. The first-order valence-corrected chi connectivity index (χ1v) is 11.6. The van der Waals surface area contributed by atoms with Gasteiger partial charge in [-0.1, -0.05) is 46.3 Å². The molecule has 0 aliphatic rings. The third-order valence-electron chi connectivity index (χ3n) is 4.26. The van der Waals surface area contributed by atoms with Crippen molar-refractivity contribution in [2.45, 2.75) is 13.5 Å². The molecule has 0 bridgehead atoms. The third-order valence-corrected chi connectivity index (χ3v) is 5.38. The van der Waals surface area contributed by atoms with Gasteiger partial charge in [0.15, 0.2) is 11.5 Å². The van der Waals surface area contributed by atoms with Crippen LogP contribution in [0.15, 0.2) is 80.8 Å². The average molecular weight is 561 g/mol. The number of carbonyl (C=O) groups is 1. The van der Waals surface area contributed by atoms with Crippen molar-refractivity contribution in [1.82, 2.24) is 5.43 Å². The highest BCUT2D eigenvalue weighted by molar-refractivity contribution is 9.10. The van der Waals surface area contributed by atoms with Crippen LogP contribution in [0.2, 0.25) is 0 Å². The second kappa shape index (κ2) is 12.3. The second-order valence-electron chi connectivity index (χ2n) is 6.69. The van der Waals surface area contributed by atoms with Crippen molar-refractivity contribution in [1.29, 1.82) is 0 Å². The fourth-order valence-corrected chi connectivity index (χ4v) is 3.60. The summed E-state index contributed by atoms with van der Waals surface area (Å²) in [6.07, 6.45) is 1.56. The quantitative estimate of drug-likeness (QED) is 0.244. The fourth-order valence-electron chi connectivity index (χ4n) is 2.76. The summed E-state index contributed by atoms with van der Waals surface area (Å²) in [7, 11) is 0. The van der Waals surface area contributed by atoms with E-state index in [1.807, 2.05) is 73.7 Å². The Morgan fingerprint density at radius 1 is 1.03 bits per heavy atom. The van der Waals surface area contributed by atoms with Crippen LogP contribution in [0.4, 0.5) is 5.69 Å². The van der Waals surface area contributed by atoms with Gasteiger partial charge in [0, 0.05) is 10.2 Å². The molecule has 3 aromatic carbocycles. The van der Waals surface area contributed by atoms with Crippen LogP contribution in [-0.4, -0.2) is 25.3 Å². The van der Waals surface area contributed by atoms with Crippen molar-refractivity contribution >= 4 is 49.7 Å². The van der Waals surface area contributed by atoms with Crippen molar-refractivity contribution in [3.8, 4) is 11.5 Å². The summed E-state index contributed by atoms with van der Waals surface area (Å²) in [4.78, 5) is 12.0. The zero-order chi connectivity index (χ0) is 22.8. The molecule has 0 fully saturated rings. The highest BCUT2D eigenvalue weighted by Gasteiger charge is 2.12. The lowest BCUT2D eigenvalue weighted by Gasteiger charge is -2.14. The van der Waals surface area contributed by atoms with Gasteiger partial charge in [0.1, 0.15) is 6.61 Å². The largest absolute Gasteiger partial charge is 0.490 e. The van der Waals surface area contributed by atoms with Gasteiger partial charge in [-0.25, -0.2) is 5.43 Å². The Kier molecular flexibility index (Phi) is 9.13. The number of carbonyl (C=O) groups excluding carboxylic acids is 1. The summed E-state index contributed by atoms with van der Waals surface area (Å²) in [6.45, 7) is 2.93. The monoisotopic (exact) mass is 559 g/mol. The molecule has 0 atom stereocenters. The van der Waals surface area contributed by atoms with E-state index in [2.05, 4.69) is 47.7 Å². The summed E-state index contributed by atoms with van der Waals surface area (Å²) in [5, 5.41) is 7.07. The van der Waals surface area contributed by atoms with Crippen LogP contribution in [-0.2, 0) is 11.4 Å². The van der Waals surface area contributed by atoms with E-state index < -0.39 is 0 Å². The van der Waals surface area contributed by atoms with Gasteiger partial charge in [0.25, 0.3) is 5.91 Å². The minimum Gasteiger partial charge on any atom is -0.490 e. The number of hydrazone groups is 1. The lowest BCUT2D eigenvalue weighted by atomic mass is 10.2. The molecular weight excluding hydrogens is 538 g/mol. The van der Waals surface area contributed by atoms with Crippen molar-refractivity contribution < 1.29 is 14.3 Å². The molecule has 0 spiro atoms. The van der Waals surface area contributed by atoms with Gasteiger partial charge in [-0.05, 0) is 70.4 Å². The Bertz CT molecular complexity index is 1060. The number of benzene rings is 3. The van der Waals surface area contributed by atoms with Gasteiger partial charge < -0.3 is 14.8 Å². The molecule has 0 aliphatic carbocycles. The lowest BCUT2D eigenvalue weighted by Crippen LogP contribution is -2.25. The third kappa shape index (κ3) is 7.39. The predicted molar refractivity (Wildman–Crippen MR) is 134 cm³/mol. The molecule has 1 amide bonds. The minimum absolute atomic E-state index is 0.123. The van der Waals surface area contributed by atoms with Crippen LogP contribution in [0.1, 0.15) is 18.1 Å². The van der Waals surface area contributed by atoms with E-state index in [1.165, 1.54) is 0 Å². The first-order chi connectivity index (χ1) is 15.5. The van der Waals surface area contributed by atoms with Gasteiger partial charge in [0.2, 0.25) is 0 Å². The van der Waals surface area contributed by atoms with E-state index in [4.69, 9.17) is 9.47 Å².